The SMILES string of the molecule is CCC(C)c1[c]c(C(C)CC)cc(C(C)CC)[c]1. The molecule has 0 aliphatic carbocycles. The predicted octanol–water partition coefficient (Wildman–Crippen LogP) is 5.83. The smallest absolute Gasteiger partial charge is 0.0102 e. The molecule has 0 heteroatoms. The van der Waals surface area contributed by atoms with Crippen LogP contribution in [-0.2, 0) is 0 Å². The molecular weight excluding hydrogens is 216 g/mol. The van der Waals surface area contributed by atoms with Gasteiger partial charge in [-0.2, -0.15) is 0 Å². The van der Waals surface area contributed by atoms with Crippen molar-refractivity contribution in [1.29, 1.82) is 0 Å². The lowest BCUT2D eigenvalue weighted by Crippen LogP contribution is -2.02. The van der Waals surface area contributed by atoms with Crippen LogP contribution < -0.4 is 0 Å². The van der Waals surface area contributed by atoms with Crippen LogP contribution in [0.1, 0.15) is 95.2 Å². The highest BCUT2D eigenvalue weighted by Gasteiger charge is 2.13. The van der Waals surface area contributed by atoms with Crippen molar-refractivity contribution >= 4 is 0 Å². The second-order valence-corrected chi connectivity index (χ2v) is 5.65. The van der Waals surface area contributed by atoms with Gasteiger partial charge in [0.2, 0.25) is 0 Å². The number of hydrogen-bond donors (Lipinski definition) is 0. The molecule has 0 aromatic heterocycles. The van der Waals surface area contributed by atoms with Crippen LogP contribution in [0.15, 0.2) is 6.07 Å². The van der Waals surface area contributed by atoms with Crippen molar-refractivity contribution in [3.8, 4) is 0 Å². The summed E-state index contributed by atoms with van der Waals surface area (Å²) < 4.78 is 0. The zero-order valence-corrected chi connectivity index (χ0v) is 12.9. The Morgan fingerprint density at radius 3 is 1.50 bits per heavy atom. The molecule has 0 bridgehead atoms. The van der Waals surface area contributed by atoms with Crippen LogP contribution in [0.5, 0.6) is 0 Å². The maximum atomic E-state index is 3.61. The fourth-order valence-corrected chi connectivity index (χ4v) is 2.00. The van der Waals surface area contributed by atoms with Crippen molar-refractivity contribution in [2.24, 2.45) is 0 Å². The van der Waals surface area contributed by atoms with E-state index in [0.717, 1.165) is 6.42 Å². The van der Waals surface area contributed by atoms with Gasteiger partial charge in [0.25, 0.3) is 0 Å². The summed E-state index contributed by atoms with van der Waals surface area (Å²) in [5.41, 5.74) is 4.04. The van der Waals surface area contributed by atoms with Crippen molar-refractivity contribution in [1.82, 2.24) is 0 Å². The number of rotatable bonds is 6. The van der Waals surface area contributed by atoms with Crippen molar-refractivity contribution in [3.63, 3.8) is 0 Å². The Balaban J connectivity index is 3.19. The van der Waals surface area contributed by atoms with Gasteiger partial charge >= 0.3 is 0 Å². The standard InChI is InChI=1S/C18H28/c1-7-13(4)16-10-17(14(5)8-2)12-18(11-16)15(6)9-3/h10,13-15H,7-9H2,1-6H3. The second kappa shape index (κ2) is 6.97. The molecule has 1 aromatic rings. The molecule has 2 radical (unpaired) electrons. The molecule has 0 nitrogen and oxygen atoms in total. The summed E-state index contributed by atoms with van der Waals surface area (Å²) >= 11 is 0. The van der Waals surface area contributed by atoms with Gasteiger partial charge in [-0.3, -0.25) is 0 Å². The van der Waals surface area contributed by atoms with Gasteiger partial charge in [0.15, 0.2) is 0 Å². The first-order valence-corrected chi connectivity index (χ1v) is 7.52. The minimum Gasteiger partial charge on any atom is -0.0648 e. The first-order chi connectivity index (χ1) is 8.53. The molecule has 1 rings (SSSR count). The summed E-state index contributed by atoms with van der Waals surface area (Å²) in [5.74, 6) is 1.77. The fourth-order valence-electron chi connectivity index (χ4n) is 2.00. The van der Waals surface area contributed by atoms with E-state index in [0.29, 0.717) is 17.8 Å². The van der Waals surface area contributed by atoms with E-state index in [4.69, 9.17) is 0 Å². The average Bonchev–Trinajstić information content (AvgIpc) is 2.43. The van der Waals surface area contributed by atoms with E-state index in [1.54, 1.807) is 0 Å². The highest BCUT2D eigenvalue weighted by molar-refractivity contribution is 5.33. The number of benzene rings is 1. The quantitative estimate of drug-likeness (QED) is 0.591. The van der Waals surface area contributed by atoms with E-state index >= 15 is 0 Å². The third kappa shape index (κ3) is 3.60. The van der Waals surface area contributed by atoms with Gasteiger partial charge in [-0.15, -0.1) is 0 Å². The Kier molecular flexibility index (Phi) is 5.91. The summed E-state index contributed by atoms with van der Waals surface area (Å²) in [4.78, 5) is 0. The normalized spacial score (nSPS) is 16.3. The van der Waals surface area contributed by atoms with Crippen LogP contribution in [0, 0.1) is 12.1 Å². The molecule has 3 atom stereocenters. The van der Waals surface area contributed by atoms with E-state index in [1.165, 1.54) is 29.5 Å². The van der Waals surface area contributed by atoms with E-state index < -0.39 is 0 Å². The van der Waals surface area contributed by atoms with Gasteiger partial charge < -0.3 is 0 Å². The Labute approximate surface area is 114 Å². The maximum absolute atomic E-state index is 3.61. The summed E-state index contributed by atoms with van der Waals surface area (Å²) in [7, 11) is 0. The minimum atomic E-state index is 0.566. The third-order valence-corrected chi connectivity index (χ3v) is 4.26. The van der Waals surface area contributed by atoms with Gasteiger partial charge in [-0.1, -0.05) is 47.6 Å². The zero-order valence-electron chi connectivity index (χ0n) is 12.9. The highest BCUT2D eigenvalue weighted by Crippen LogP contribution is 2.29. The van der Waals surface area contributed by atoms with E-state index in [1.807, 2.05) is 0 Å². The van der Waals surface area contributed by atoms with Crippen LogP contribution in [0.3, 0.4) is 0 Å². The molecule has 0 saturated carbocycles. The molecule has 100 valence electrons. The third-order valence-electron chi connectivity index (χ3n) is 4.26. The predicted molar refractivity (Wildman–Crippen MR) is 80.2 cm³/mol. The topological polar surface area (TPSA) is 0 Å². The van der Waals surface area contributed by atoms with E-state index in [9.17, 15) is 0 Å². The monoisotopic (exact) mass is 244 g/mol. The lowest BCUT2D eigenvalue weighted by molar-refractivity contribution is 0.687. The van der Waals surface area contributed by atoms with Crippen molar-refractivity contribution in [2.75, 3.05) is 0 Å². The first-order valence-electron chi connectivity index (χ1n) is 7.52. The highest BCUT2D eigenvalue weighted by atomic mass is 14.2. The molecule has 0 saturated heterocycles. The fraction of sp³-hybridized carbons (Fsp3) is 0.667. The van der Waals surface area contributed by atoms with E-state index in [2.05, 4.69) is 59.7 Å². The van der Waals surface area contributed by atoms with Crippen LogP contribution in [0.25, 0.3) is 0 Å². The lowest BCUT2D eigenvalue weighted by Gasteiger charge is -2.18. The van der Waals surface area contributed by atoms with Crippen LogP contribution in [-0.4, -0.2) is 0 Å². The van der Waals surface area contributed by atoms with Crippen molar-refractivity contribution < 1.29 is 0 Å². The maximum Gasteiger partial charge on any atom is -0.0102 e. The van der Waals surface area contributed by atoms with Crippen LogP contribution in [0.4, 0.5) is 0 Å². The number of hydrogen-bond acceptors (Lipinski definition) is 0. The molecular formula is C18H28. The van der Waals surface area contributed by atoms with Gasteiger partial charge in [0.1, 0.15) is 0 Å². The Bertz CT molecular complexity index is 295. The largest absolute Gasteiger partial charge is 0.0648 e. The molecule has 0 amide bonds. The molecule has 0 N–H and O–H groups in total. The first kappa shape index (κ1) is 15.3. The van der Waals surface area contributed by atoms with Gasteiger partial charge in [0.05, 0.1) is 0 Å². The molecule has 0 heterocycles. The van der Waals surface area contributed by atoms with Crippen LogP contribution >= 0.6 is 0 Å². The zero-order chi connectivity index (χ0) is 13.7. The van der Waals surface area contributed by atoms with Gasteiger partial charge in [-0.05, 0) is 65.8 Å². The Morgan fingerprint density at radius 2 is 1.17 bits per heavy atom. The van der Waals surface area contributed by atoms with Crippen molar-refractivity contribution in [2.45, 2.75) is 78.6 Å². The molecule has 3 unspecified atom stereocenters. The Morgan fingerprint density at radius 1 is 0.778 bits per heavy atom. The summed E-state index contributed by atoms with van der Waals surface area (Å²) in [6.45, 7) is 13.6. The minimum absolute atomic E-state index is 0.566. The molecule has 0 spiro atoms. The van der Waals surface area contributed by atoms with Crippen LogP contribution in [0.2, 0.25) is 0 Å². The molecule has 0 aliphatic heterocycles. The molecule has 18 heavy (non-hydrogen) atoms. The van der Waals surface area contributed by atoms with Crippen molar-refractivity contribution in [3.05, 3.63) is 34.9 Å². The summed E-state index contributed by atoms with van der Waals surface area (Å²) in [6, 6.07) is 9.55. The lowest BCUT2D eigenvalue weighted by atomic mass is 9.86. The van der Waals surface area contributed by atoms with Gasteiger partial charge in [-0.25, -0.2) is 0 Å². The molecule has 0 fully saturated rings. The summed E-state index contributed by atoms with van der Waals surface area (Å²) in [6.07, 6.45) is 3.53. The second-order valence-electron chi connectivity index (χ2n) is 5.65. The molecule has 0 aliphatic rings. The van der Waals surface area contributed by atoms with E-state index in [-0.39, 0.29) is 0 Å². The Hall–Kier alpha value is -0.780. The summed E-state index contributed by atoms with van der Waals surface area (Å²) in [5, 5.41) is 0. The average molecular weight is 244 g/mol. The molecule has 1 aromatic carbocycles. The van der Waals surface area contributed by atoms with Gasteiger partial charge in [0, 0.05) is 0 Å².